The molecule has 0 saturated carbocycles. The van der Waals surface area contributed by atoms with Crippen molar-refractivity contribution in [2.24, 2.45) is 0 Å². The van der Waals surface area contributed by atoms with E-state index < -0.39 is 24.3 Å². The molecule has 0 saturated heterocycles. The van der Waals surface area contributed by atoms with E-state index in [9.17, 15) is 14.0 Å². The monoisotopic (exact) mass is 373 g/mol. The molecular formula is C20H20FNO5. The summed E-state index contributed by atoms with van der Waals surface area (Å²) in [6, 6.07) is 10.9. The minimum Gasteiger partial charge on any atom is -0.493 e. The van der Waals surface area contributed by atoms with Crippen LogP contribution >= 0.6 is 0 Å². The van der Waals surface area contributed by atoms with Crippen LogP contribution in [-0.2, 0) is 14.3 Å². The molecule has 0 aliphatic rings. The molecule has 2 aromatic rings. The summed E-state index contributed by atoms with van der Waals surface area (Å²) in [5.74, 6) is -0.764. The Bertz CT molecular complexity index is 835. The number of hydrogen-bond donors (Lipinski definition) is 1. The van der Waals surface area contributed by atoms with Crippen LogP contribution in [0.15, 0.2) is 48.5 Å². The van der Waals surface area contributed by atoms with E-state index in [1.807, 2.05) is 6.92 Å². The first-order valence-corrected chi connectivity index (χ1v) is 8.23. The van der Waals surface area contributed by atoms with Crippen LogP contribution in [0.5, 0.6) is 11.5 Å². The highest BCUT2D eigenvalue weighted by Gasteiger charge is 2.09. The summed E-state index contributed by atoms with van der Waals surface area (Å²) in [5.41, 5.74) is 0.725. The van der Waals surface area contributed by atoms with Crippen molar-refractivity contribution in [2.45, 2.75) is 6.92 Å². The zero-order valence-electron chi connectivity index (χ0n) is 15.0. The van der Waals surface area contributed by atoms with Crippen LogP contribution in [0.4, 0.5) is 10.1 Å². The second-order valence-electron chi connectivity index (χ2n) is 5.31. The Morgan fingerprint density at radius 3 is 2.63 bits per heavy atom. The fraction of sp³-hybridized carbons (Fsp3) is 0.200. The van der Waals surface area contributed by atoms with E-state index in [2.05, 4.69) is 5.32 Å². The van der Waals surface area contributed by atoms with Crippen LogP contribution in [0.3, 0.4) is 0 Å². The standard InChI is InChI=1S/C20H20FNO5/c1-3-26-18-12-14(8-10-17(18)25-2)9-11-20(24)27-13-19(23)22-16-7-5-4-6-15(16)21/h4-12H,3,13H2,1-2H3,(H,22,23)/b11-9+. The maximum atomic E-state index is 13.4. The van der Waals surface area contributed by atoms with Crippen LogP contribution in [0.2, 0.25) is 0 Å². The number of ether oxygens (including phenoxy) is 3. The van der Waals surface area contributed by atoms with Gasteiger partial charge < -0.3 is 19.5 Å². The highest BCUT2D eigenvalue weighted by molar-refractivity contribution is 5.94. The Labute approximate surface area is 156 Å². The van der Waals surface area contributed by atoms with E-state index in [1.165, 1.54) is 37.5 Å². The van der Waals surface area contributed by atoms with Crippen molar-refractivity contribution in [1.82, 2.24) is 0 Å². The maximum Gasteiger partial charge on any atom is 0.331 e. The third-order valence-corrected chi connectivity index (χ3v) is 3.39. The van der Waals surface area contributed by atoms with E-state index in [0.717, 1.165) is 0 Å². The number of methoxy groups -OCH3 is 1. The van der Waals surface area contributed by atoms with Crippen LogP contribution in [0, 0.1) is 5.82 Å². The molecular weight excluding hydrogens is 353 g/mol. The van der Waals surface area contributed by atoms with Crippen molar-refractivity contribution in [3.05, 3.63) is 59.9 Å². The largest absolute Gasteiger partial charge is 0.493 e. The summed E-state index contributed by atoms with van der Waals surface area (Å²) in [5, 5.41) is 2.33. The van der Waals surface area contributed by atoms with Crippen molar-refractivity contribution in [1.29, 1.82) is 0 Å². The quantitative estimate of drug-likeness (QED) is 0.567. The summed E-state index contributed by atoms with van der Waals surface area (Å²) in [7, 11) is 1.54. The van der Waals surface area contributed by atoms with Crippen molar-refractivity contribution >= 4 is 23.6 Å². The Kier molecular flexibility index (Phi) is 7.37. The van der Waals surface area contributed by atoms with Gasteiger partial charge in [-0.15, -0.1) is 0 Å². The normalized spacial score (nSPS) is 10.5. The number of benzene rings is 2. The number of esters is 1. The van der Waals surface area contributed by atoms with Gasteiger partial charge in [-0.05, 0) is 42.8 Å². The maximum absolute atomic E-state index is 13.4. The molecule has 27 heavy (non-hydrogen) atoms. The number of anilines is 1. The van der Waals surface area contributed by atoms with Gasteiger partial charge in [0.1, 0.15) is 5.82 Å². The number of amides is 1. The lowest BCUT2D eigenvalue weighted by molar-refractivity contribution is -0.142. The topological polar surface area (TPSA) is 73.9 Å². The lowest BCUT2D eigenvalue weighted by Crippen LogP contribution is -2.20. The molecule has 6 nitrogen and oxygen atoms in total. The van der Waals surface area contributed by atoms with Crippen LogP contribution in [-0.4, -0.2) is 32.2 Å². The molecule has 0 spiro atoms. The van der Waals surface area contributed by atoms with Gasteiger partial charge in [-0.3, -0.25) is 4.79 Å². The number of hydrogen-bond acceptors (Lipinski definition) is 5. The molecule has 142 valence electrons. The fourth-order valence-corrected chi connectivity index (χ4v) is 2.16. The Morgan fingerprint density at radius 2 is 1.93 bits per heavy atom. The van der Waals surface area contributed by atoms with Gasteiger partial charge in [0.05, 0.1) is 19.4 Å². The summed E-state index contributed by atoms with van der Waals surface area (Å²) in [6.45, 7) is 1.80. The second-order valence-corrected chi connectivity index (χ2v) is 5.31. The molecule has 7 heteroatoms. The summed E-state index contributed by atoms with van der Waals surface area (Å²) in [6.07, 6.45) is 2.72. The Balaban J connectivity index is 1.89. The van der Waals surface area contributed by atoms with E-state index >= 15 is 0 Å². The summed E-state index contributed by atoms with van der Waals surface area (Å²) < 4.78 is 28.9. The predicted octanol–water partition coefficient (Wildman–Crippen LogP) is 3.43. The Morgan fingerprint density at radius 1 is 1.15 bits per heavy atom. The first kappa shape index (κ1) is 20.0. The third kappa shape index (κ3) is 6.14. The third-order valence-electron chi connectivity index (χ3n) is 3.39. The number of halogens is 1. The summed E-state index contributed by atoms with van der Waals surface area (Å²) >= 11 is 0. The lowest BCUT2D eigenvalue weighted by Gasteiger charge is -2.09. The van der Waals surface area contributed by atoms with Gasteiger partial charge >= 0.3 is 5.97 Å². The van der Waals surface area contributed by atoms with Gasteiger partial charge in [0.25, 0.3) is 5.91 Å². The van der Waals surface area contributed by atoms with Crippen LogP contribution in [0.1, 0.15) is 12.5 Å². The average Bonchev–Trinajstić information content (AvgIpc) is 2.67. The van der Waals surface area contributed by atoms with Crippen molar-refractivity contribution in [2.75, 3.05) is 25.6 Å². The first-order valence-electron chi connectivity index (χ1n) is 8.23. The smallest absolute Gasteiger partial charge is 0.331 e. The van der Waals surface area contributed by atoms with Crippen molar-refractivity contribution in [3.8, 4) is 11.5 Å². The molecule has 0 heterocycles. The summed E-state index contributed by atoms with van der Waals surface area (Å²) in [4.78, 5) is 23.5. The molecule has 2 rings (SSSR count). The number of rotatable bonds is 8. The molecule has 0 radical (unpaired) electrons. The molecule has 0 aliphatic heterocycles. The molecule has 0 unspecified atom stereocenters. The van der Waals surface area contributed by atoms with Gasteiger partial charge in [0, 0.05) is 6.08 Å². The fourth-order valence-electron chi connectivity index (χ4n) is 2.16. The highest BCUT2D eigenvalue weighted by atomic mass is 19.1. The minimum absolute atomic E-state index is 0.0239. The number of para-hydroxylation sites is 1. The second kappa shape index (κ2) is 9.96. The van der Waals surface area contributed by atoms with E-state index in [0.29, 0.717) is 23.7 Å². The molecule has 1 amide bonds. The van der Waals surface area contributed by atoms with Gasteiger partial charge in [0.15, 0.2) is 18.1 Å². The average molecular weight is 373 g/mol. The van der Waals surface area contributed by atoms with Gasteiger partial charge in [-0.1, -0.05) is 18.2 Å². The van der Waals surface area contributed by atoms with Crippen molar-refractivity contribution < 1.29 is 28.2 Å². The SMILES string of the molecule is CCOc1cc(/C=C/C(=O)OCC(=O)Nc2ccccc2F)ccc1OC. The van der Waals surface area contributed by atoms with E-state index in [4.69, 9.17) is 14.2 Å². The molecule has 1 N–H and O–H groups in total. The molecule has 0 fully saturated rings. The molecule has 0 aliphatic carbocycles. The zero-order chi connectivity index (χ0) is 19.6. The lowest BCUT2D eigenvalue weighted by atomic mass is 10.2. The molecule has 0 bridgehead atoms. The number of carbonyl (C=O) groups excluding carboxylic acids is 2. The molecule has 0 atom stereocenters. The predicted molar refractivity (Wildman–Crippen MR) is 99.2 cm³/mol. The van der Waals surface area contributed by atoms with E-state index in [1.54, 1.807) is 24.3 Å². The van der Waals surface area contributed by atoms with Crippen LogP contribution in [0.25, 0.3) is 6.08 Å². The highest BCUT2D eigenvalue weighted by Crippen LogP contribution is 2.28. The van der Waals surface area contributed by atoms with Crippen molar-refractivity contribution in [3.63, 3.8) is 0 Å². The number of nitrogens with one attached hydrogen (secondary N) is 1. The molecule has 2 aromatic carbocycles. The van der Waals surface area contributed by atoms with E-state index in [-0.39, 0.29) is 5.69 Å². The van der Waals surface area contributed by atoms with Gasteiger partial charge in [-0.2, -0.15) is 0 Å². The first-order chi connectivity index (χ1) is 13.0. The number of carbonyl (C=O) groups is 2. The van der Waals surface area contributed by atoms with Gasteiger partial charge in [0.2, 0.25) is 0 Å². The molecule has 0 aromatic heterocycles. The Hall–Kier alpha value is -3.35. The minimum atomic E-state index is -0.701. The van der Waals surface area contributed by atoms with Crippen LogP contribution < -0.4 is 14.8 Å². The van der Waals surface area contributed by atoms with Gasteiger partial charge in [-0.25, -0.2) is 9.18 Å². The zero-order valence-corrected chi connectivity index (χ0v) is 15.0.